The third kappa shape index (κ3) is 3.72. The Labute approximate surface area is 124 Å². The number of hydrogen-bond donors (Lipinski definition) is 1. The van der Waals surface area contributed by atoms with Crippen LogP contribution < -0.4 is 5.32 Å². The molecule has 1 fully saturated rings. The number of hydrogen-bond acceptors (Lipinski definition) is 3. The van der Waals surface area contributed by atoms with Crippen molar-refractivity contribution in [3.8, 4) is 6.07 Å². The van der Waals surface area contributed by atoms with Gasteiger partial charge < -0.3 is 5.32 Å². The summed E-state index contributed by atoms with van der Waals surface area (Å²) in [6, 6.07) is 7.42. The molecular formula is C15H18ClN3O. The minimum atomic E-state index is -0.0554. The van der Waals surface area contributed by atoms with Crippen molar-refractivity contribution in [1.29, 1.82) is 5.26 Å². The van der Waals surface area contributed by atoms with Gasteiger partial charge in [0.25, 0.3) is 0 Å². The van der Waals surface area contributed by atoms with Gasteiger partial charge >= 0.3 is 0 Å². The largest absolute Gasteiger partial charge is 0.325 e. The number of nitriles is 1. The van der Waals surface area contributed by atoms with Crippen LogP contribution in [0.1, 0.15) is 31.2 Å². The number of carbonyl (C=O) groups is 1. The lowest BCUT2D eigenvalue weighted by molar-refractivity contribution is -0.117. The van der Waals surface area contributed by atoms with Crippen molar-refractivity contribution in [2.24, 2.45) is 0 Å². The summed E-state index contributed by atoms with van der Waals surface area (Å²) >= 11 is 5.94. The van der Waals surface area contributed by atoms with Gasteiger partial charge in [-0.25, -0.2) is 0 Å². The number of nitrogens with one attached hydrogen (secondary N) is 1. The van der Waals surface area contributed by atoms with Gasteiger partial charge in [-0.05, 0) is 38.1 Å². The van der Waals surface area contributed by atoms with E-state index in [4.69, 9.17) is 16.9 Å². The third-order valence-corrected chi connectivity index (χ3v) is 4.03. The number of amides is 1. The SMILES string of the molecule is CN(CC(=O)Nc1ccc(C#N)c(Cl)c1)C1CCCC1. The lowest BCUT2D eigenvalue weighted by Gasteiger charge is -2.23. The van der Waals surface area contributed by atoms with Crippen LogP contribution >= 0.6 is 11.6 Å². The molecular weight excluding hydrogens is 274 g/mol. The lowest BCUT2D eigenvalue weighted by atomic mass is 10.2. The minimum absolute atomic E-state index is 0.0554. The van der Waals surface area contributed by atoms with Gasteiger partial charge in [-0.15, -0.1) is 0 Å². The van der Waals surface area contributed by atoms with E-state index in [9.17, 15) is 4.79 Å². The van der Waals surface area contributed by atoms with Gasteiger partial charge in [-0.1, -0.05) is 24.4 Å². The van der Waals surface area contributed by atoms with Gasteiger partial charge in [0.15, 0.2) is 0 Å². The van der Waals surface area contributed by atoms with E-state index in [-0.39, 0.29) is 5.91 Å². The molecule has 0 atom stereocenters. The zero-order chi connectivity index (χ0) is 14.5. The van der Waals surface area contributed by atoms with Crippen LogP contribution in [0.25, 0.3) is 0 Å². The number of anilines is 1. The highest BCUT2D eigenvalue weighted by atomic mass is 35.5. The molecule has 1 aliphatic carbocycles. The first-order valence-corrected chi connectivity index (χ1v) is 7.17. The fourth-order valence-electron chi connectivity index (χ4n) is 2.58. The fraction of sp³-hybridized carbons (Fsp3) is 0.467. The van der Waals surface area contributed by atoms with Crippen LogP contribution in [0.2, 0.25) is 5.02 Å². The van der Waals surface area contributed by atoms with Gasteiger partial charge in [0, 0.05) is 11.7 Å². The van der Waals surface area contributed by atoms with Crippen LogP contribution in [0, 0.1) is 11.3 Å². The van der Waals surface area contributed by atoms with Crippen LogP contribution in [-0.2, 0) is 4.79 Å². The van der Waals surface area contributed by atoms with Crippen molar-refractivity contribution in [1.82, 2.24) is 4.90 Å². The summed E-state index contributed by atoms with van der Waals surface area (Å²) in [5.41, 5.74) is 1.03. The highest BCUT2D eigenvalue weighted by Crippen LogP contribution is 2.23. The normalized spacial score (nSPS) is 15.3. The van der Waals surface area contributed by atoms with Gasteiger partial charge in [-0.3, -0.25) is 9.69 Å². The predicted molar refractivity (Wildman–Crippen MR) is 79.7 cm³/mol. The summed E-state index contributed by atoms with van der Waals surface area (Å²) in [6.45, 7) is 0.377. The summed E-state index contributed by atoms with van der Waals surface area (Å²) in [5.74, 6) is -0.0554. The topological polar surface area (TPSA) is 56.1 Å². The van der Waals surface area contributed by atoms with Crippen molar-refractivity contribution in [3.63, 3.8) is 0 Å². The number of nitrogens with zero attached hydrogens (tertiary/aromatic N) is 2. The third-order valence-electron chi connectivity index (χ3n) is 3.71. The van der Waals surface area contributed by atoms with Crippen molar-refractivity contribution < 1.29 is 4.79 Å². The maximum atomic E-state index is 12.0. The second-order valence-corrected chi connectivity index (χ2v) is 5.62. The Morgan fingerprint density at radius 3 is 2.80 bits per heavy atom. The highest BCUT2D eigenvalue weighted by molar-refractivity contribution is 6.32. The first-order valence-electron chi connectivity index (χ1n) is 6.80. The molecule has 1 aliphatic rings. The molecule has 5 heteroatoms. The monoisotopic (exact) mass is 291 g/mol. The number of carbonyl (C=O) groups excluding carboxylic acids is 1. The maximum absolute atomic E-state index is 12.0. The number of halogens is 1. The predicted octanol–water partition coefficient (Wildman–Crippen LogP) is 3.02. The van der Waals surface area contributed by atoms with Gasteiger partial charge in [-0.2, -0.15) is 5.26 Å². The summed E-state index contributed by atoms with van der Waals surface area (Å²) < 4.78 is 0. The molecule has 0 aliphatic heterocycles. The fourth-order valence-corrected chi connectivity index (χ4v) is 2.81. The molecule has 20 heavy (non-hydrogen) atoms. The van der Waals surface area contributed by atoms with Crippen LogP contribution in [0.5, 0.6) is 0 Å². The second kappa shape index (κ2) is 6.74. The average molecular weight is 292 g/mol. The van der Waals surface area contributed by atoms with Crippen LogP contribution in [0.4, 0.5) is 5.69 Å². The quantitative estimate of drug-likeness (QED) is 0.928. The van der Waals surface area contributed by atoms with Crippen molar-refractivity contribution in [2.45, 2.75) is 31.7 Å². The van der Waals surface area contributed by atoms with E-state index in [0.29, 0.717) is 28.9 Å². The minimum Gasteiger partial charge on any atom is -0.325 e. The van der Waals surface area contributed by atoms with Crippen LogP contribution in [0.3, 0.4) is 0 Å². The molecule has 1 saturated carbocycles. The second-order valence-electron chi connectivity index (χ2n) is 5.21. The molecule has 0 aromatic heterocycles. The smallest absolute Gasteiger partial charge is 0.238 e. The average Bonchev–Trinajstić information content (AvgIpc) is 2.92. The molecule has 4 nitrogen and oxygen atoms in total. The summed E-state index contributed by atoms with van der Waals surface area (Å²) in [5, 5.41) is 12.0. The van der Waals surface area contributed by atoms with Gasteiger partial charge in [0.05, 0.1) is 17.1 Å². The molecule has 0 radical (unpaired) electrons. The Kier molecular flexibility index (Phi) is 4.99. The summed E-state index contributed by atoms with van der Waals surface area (Å²) in [4.78, 5) is 14.1. The van der Waals surface area contributed by atoms with Crippen LogP contribution in [0.15, 0.2) is 18.2 Å². The molecule has 0 spiro atoms. The Hall–Kier alpha value is -1.57. The van der Waals surface area contributed by atoms with Crippen molar-refractivity contribution in [3.05, 3.63) is 28.8 Å². The van der Waals surface area contributed by atoms with Crippen LogP contribution in [-0.4, -0.2) is 30.4 Å². The van der Waals surface area contributed by atoms with E-state index in [1.807, 2.05) is 13.1 Å². The van der Waals surface area contributed by atoms with E-state index < -0.39 is 0 Å². The Bertz CT molecular complexity index is 532. The molecule has 2 rings (SSSR count). The van der Waals surface area contributed by atoms with E-state index in [2.05, 4.69) is 10.2 Å². The first-order chi connectivity index (χ1) is 9.60. The molecule has 106 valence electrons. The first kappa shape index (κ1) is 14.8. The zero-order valence-corrected chi connectivity index (χ0v) is 12.3. The zero-order valence-electron chi connectivity index (χ0n) is 11.5. The lowest BCUT2D eigenvalue weighted by Crippen LogP contribution is -2.36. The van der Waals surface area contributed by atoms with Crippen molar-refractivity contribution >= 4 is 23.2 Å². The molecule has 0 unspecified atom stereocenters. The Morgan fingerprint density at radius 2 is 2.20 bits per heavy atom. The molecule has 1 amide bonds. The molecule has 0 saturated heterocycles. The van der Waals surface area contributed by atoms with E-state index in [1.165, 1.54) is 25.7 Å². The van der Waals surface area contributed by atoms with E-state index in [0.717, 1.165) is 0 Å². The van der Waals surface area contributed by atoms with Gasteiger partial charge in [0.1, 0.15) is 6.07 Å². The number of likely N-dealkylation sites (N-methyl/N-ethyl adjacent to an activating group) is 1. The Morgan fingerprint density at radius 1 is 1.50 bits per heavy atom. The molecule has 0 heterocycles. The number of benzene rings is 1. The summed E-state index contributed by atoms with van der Waals surface area (Å²) in [7, 11) is 1.99. The number of rotatable bonds is 4. The molecule has 1 aromatic carbocycles. The highest BCUT2D eigenvalue weighted by Gasteiger charge is 2.21. The van der Waals surface area contributed by atoms with Crippen molar-refractivity contribution in [2.75, 3.05) is 18.9 Å². The Balaban J connectivity index is 1.91. The van der Waals surface area contributed by atoms with E-state index >= 15 is 0 Å². The maximum Gasteiger partial charge on any atom is 0.238 e. The van der Waals surface area contributed by atoms with Gasteiger partial charge in [0.2, 0.25) is 5.91 Å². The summed E-state index contributed by atoms with van der Waals surface area (Å²) in [6.07, 6.45) is 4.85. The van der Waals surface area contributed by atoms with E-state index in [1.54, 1.807) is 18.2 Å². The molecule has 1 aromatic rings. The molecule has 1 N–H and O–H groups in total. The standard InChI is InChI=1S/C15H18ClN3O/c1-19(13-4-2-3-5-13)10-15(20)18-12-7-6-11(9-17)14(16)8-12/h6-8,13H,2-5,10H2,1H3,(H,18,20). The molecule has 0 bridgehead atoms.